The average molecular weight is 380 g/mol. The molecular weight excluding hydrogens is 363 g/mol. The zero-order chi connectivity index (χ0) is 13.9. The SMILES string of the molecule is O=c1[nH]c(C2CCCCC2)nc(-c2ccccc2)c1I. The quantitative estimate of drug-likeness (QED) is 0.798. The summed E-state index contributed by atoms with van der Waals surface area (Å²) >= 11 is 2.09. The second kappa shape index (κ2) is 6.08. The molecule has 1 saturated carbocycles. The van der Waals surface area contributed by atoms with E-state index in [1.54, 1.807) is 0 Å². The summed E-state index contributed by atoms with van der Waals surface area (Å²) in [5.41, 5.74) is 1.82. The van der Waals surface area contributed by atoms with Gasteiger partial charge in [0, 0.05) is 11.5 Å². The molecule has 1 aliphatic carbocycles. The summed E-state index contributed by atoms with van der Waals surface area (Å²) in [5, 5.41) is 0. The number of nitrogens with one attached hydrogen (secondary N) is 1. The highest BCUT2D eigenvalue weighted by molar-refractivity contribution is 14.1. The van der Waals surface area contributed by atoms with Crippen LogP contribution in [0.5, 0.6) is 0 Å². The van der Waals surface area contributed by atoms with Crippen LogP contribution in [0.4, 0.5) is 0 Å². The zero-order valence-electron chi connectivity index (χ0n) is 11.2. The van der Waals surface area contributed by atoms with E-state index in [0.29, 0.717) is 9.49 Å². The number of hydrogen-bond acceptors (Lipinski definition) is 2. The minimum absolute atomic E-state index is 0.0139. The lowest BCUT2D eigenvalue weighted by Gasteiger charge is -2.21. The van der Waals surface area contributed by atoms with E-state index >= 15 is 0 Å². The molecular formula is C16H17IN2O. The molecule has 1 N–H and O–H groups in total. The van der Waals surface area contributed by atoms with E-state index in [1.165, 1.54) is 19.3 Å². The number of aromatic amines is 1. The number of rotatable bonds is 2. The number of hydrogen-bond donors (Lipinski definition) is 1. The molecule has 0 aliphatic heterocycles. The Hall–Kier alpha value is -1.17. The molecule has 0 amide bonds. The highest BCUT2D eigenvalue weighted by Crippen LogP contribution is 2.31. The lowest BCUT2D eigenvalue weighted by Crippen LogP contribution is -2.19. The van der Waals surface area contributed by atoms with Crippen LogP contribution in [0.1, 0.15) is 43.8 Å². The third-order valence-electron chi connectivity index (χ3n) is 3.92. The van der Waals surface area contributed by atoms with Crippen LogP contribution in [0.15, 0.2) is 35.1 Å². The van der Waals surface area contributed by atoms with E-state index in [0.717, 1.165) is 29.9 Å². The van der Waals surface area contributed by atoms with Crippen molar-refractivity contribution in [1.82, 2.24) is 9.97 Å². The van der Waals surface area contributed by atoms with Crippen LogP contribution < -0.4 is 5.56 Å². The minimum Gasteiger partial charge on any atom is -0.309 e. The molecule has 0 unspecified atom stereocenters. The third kappa shape index (κ3) is 2.80. The van der Waals surface area contributed by atoms with Gasteiger partial charge in [-0.3, -0.25) is 4.79 Å². The third-order valence-corrected chi connectivity index (χ3v) is 4.92. The predicted octanol–water partition coefficient (Wildman–Crippen LogP) is 4.09. The molecule has 1 aliphatic rings. The molecule has 104 valence electrons. The molecule has 0 radical (unpaired) electrons. The largest absolute Gasteiger partial charge is 0.309 e. The van der Waals surface area contributed by atoms with Crippen molar-refractivity contribution in [3.05, 3.63) is 50.1 Å². The van der Waals surface area contributed by atoms with E-state index in [4.69, 9.17) is 4.98 Å². The summed E-state index contributed by atoms with van der Waals surface area (Å²) < 4.78 is 0.674. The topological polar surface area (TPSA) is 45.8 Å². The molecule has 3 nitrogen and oxygen atoms in total. The Balaban J connectivity index is 2.06. The fraction of sp³-hybridized carbons (Fsp3) is 0.375. The van der Waals surface area contributed by atoms with Crippen molar-refractivity contribution in [2.45, 2.75) is 38.0 Å². The maximum Gasteiger partial charge on any atom is 0.264 e. The summed E-state index contributed by atoms with van der Waals surface area (Å²) in [4.78, 5) is 19.9. The van der Waals surface area contributed by atoms with E-state index in [1.807, 2.05) is 30.3 Å². The van der Waals surface area contributed by atoms with E-state index in [-0.39, 0.29) is 5.56 Å². The Morgan fingerprint density at radius 2 is 1.80 bits per heavy atom. The molecule has 1 fully saturated rings. The molecule has 4 heteroatoms. The zero-order valence-corrected chi connectivity index (χ0v) is 13.4. The van der Waals surface area contributed by atoms with Gasteiger partial charge in [0.1, 0.15) is 9.39 Å². The van der Waals surface area contributed by atoms with Gasteiger partial charge in [0.2, 0.25) is 0 Å². The fourth-order valence-electron chi connectivity index (χ4n) is 2.83. The van der Waals surface area contributed by atoms with Gasteiger partial charge in [0.05, 0.1) is 5.69 Å². The monoisotopic (exact) mass is 380 g/mol. The van der Waals surface area contributed by atoms with Crippen LogP contribution in [0.25, 0.3) is 11.3 Å². The summed E-state index contributed by atoms with van der Waals surface area (Å²) in [6.07, 6.45) is 6.05. The number of H-pyrrole nitrogens is 1. The number of aromatic nitrogens is 2. The Morgan fingerprint density at radius 1 is 1.10 bits per heavy atom. The van der Waals surface area contributed by atoms with Crippen LogP contribution >= 0.6 is 22.6 Å². The summed E-state index contributed by atoms with van der Waals surface area (Å²) in [6.45, 7) is 0. The van der Waals surface area contributed by atoms with Crippen molar-refractivity contribution >= 4 is 22.6 Å². The van der Waals surface area contributed by atoms with Gasteiger partial charge < -0.3 is 4.98 Å². The van der Waals surface area contributed by atoms with Crippen LogP contribution in [0.2, 0.25) is 0 Å². The van der Waals surface area contributed by atoms with Crippen LogP contribution in [0, 0.1) is 3.57 Å². The van der Waals surface area contributed by atoms with Gasteiger partial charge in [-0.15, -0.1) is 0 Å². The maximum atomic E-state index is 12.2. The second-order valence-electron chi connectivity index (χ2n) is 5.31. The Morgan fingerprint density at radius 3 is 2.50 bits per heavy atom. The van der Waals surface area contributed by atoms with Gasteiger partial charge >= 0.3 is 0 Å². The first kappa shape index (κ1) is 13.8. The van der Waals surface area contributed by atoms with Crippen molar-refractivity contribution in [3.63, 3.8) is 0 Å². The summed E-state index contributed by atoms with van der Waals surface area (Å²) in [7, 11) is 0. The molecule has 0 saturated heterocycles. The van der Waals surface area contributed by atoms with Crippen molar-refractivity contribution in [3.8, 4) is 11.3 Å². The lowest BCUT2D eigenvalue weighted by atomic mass is 9.88. The molecule has 1 aromatic heterocycles. The van der Waals surface area contributed by atoms with Crippen molar-refractivity contribution in [2.24, 2.45) is 0 Å². The Kier molecular flexibility index (Phi) is 4.19. The number of halogens is 1. The normalized spacial score (nSPS) is 16.2. The van der Waals surface area contributed by atoms with Gasteiger partial charge in [-0.05, 0) is 35.4 Å². The van der Waals surface area contributed by atoms with Crippen LogP contribution in [0.3, 0.4) is 0 Å². The second-order valence-corrected chi connectivity index (χ2v) is 6.39. The molecule has 0 spiro atoms. The average Bonchev–Trinajstić information content (AvgIpc) is 2.51. The molecule has 1 heterocycles. The molecule has 3 rings (SSSR count). The van der Waals surface area contributed by atoms with Gasteiger partial charge in [-0.25, -0.2) is 4.98 Å². The molecule has 20 heavy (non-hydrogen) atoms. The molecule has 0 atom stereocenters. The highest BCUT2D eigenvalue weighted by atomic mass is 127. The van der Waals surface area contributed by atoms with Crippen LogP contribution in [-0.4, -0.2) is 9.97 Å². The standard InChI is InChI=1S/C16H17IN2O/c17-13-14(11-7-3-1-4-8-11)18-15(19-16(13)20)12-9-5-2-6-10-12/h1,3-4,7-8,12H,2,5-6,9-10H2,(H,18,19,20). The van der Waals surface area contributed by atoms with E-state index in [2.05, 4.69) is 27.6 Å². The van der Waals surface area contributed by atoms with E-state index in [9.17, 15) is 4.79 Å². The molecule has 1 aromatic carbocycles. The first-order valence-electron chi connectivity index (χ1n) is 7.11. The predicted molar refractivity (Wildman–Crippen MR) is 88.8 cm³/mol. The Labute approximate surface area is 132 Å². The van der Waals surface area contributed by atoms with Crippen molar-refractivity contribution in [1.29, 1.82) is 0 Å². The summed E-state index contributed by atoms with van der Waals surface area (Å²) in [6, 6.07) is 9.96. The van der Waals surface area contributed by atoms with Gasteiger partial charge in [-0.1, -0.05) is 49.6 Å². The molecule has 0 bridgehead atoms. The first-order chi connectivity index (χ1) is 9.75. The lowest BCUT2D eigenvalue weighted by molar-refractivity contribution is 0.428. The Bertz CT molecular complexity index is 645. The fourth-order valence-corrected chi connectivity index (χ4v) is 3.40. The van der Waals surface area contributed by atoms with Crippen LogP contribution in [-0.2, 0) is 0 Å². The molecule has 2 aromatic rings. The van der Waals surface area contributed by atoms with Crippen molar-refractivity contribution < 1.29 is 0 Å². The van der Waals surface area contributed by atoms with Gasteiger partial charge in [0.25, 0.3) is 5.56 Å². The smallest absolute Gasteiger partial charge is 0.264 e. The number of nitrogens with zero attached hydrogens (tertiary/aromatic N) is 1. The highest BCUT2D eigenvalue weighted by Gasteiger charge is 2.20. The van der Waals surface area contributed by atoms with Gasteiger partial charge in [0.15, 0.2) is 0 Å². The van der Waals surface area contributed by atoms with Crippen molar-refractivity contribution in [2.75, 3.05) is 0 Å². The minimum atomic E-state index is -0.0139. The maximum absolute atomic E-state index is 12.2. The van der Waals surface area contributed by atoms with Gasteiger partial charge in [-0.2, -0.15) is 0 Å². The first-order valence-corrected chi connectivity index (χ1v) is 8.18. The summed E-state index contributed by atoms with van der Waals surface area (Å²) in [5.74, 6) is 1.28. The number of benzene rings is 1. The van der Waals surface area contributed by atoms with E-state index < -0.39 is 0 Å².